The Hall–Kier alpha value is -2.08. The molecule has 2 amide bonds. The number of carbonyl (C=O) groups is 3. The van der Waals surface area contributed by atoms with Crippen molar-refractivity contribution in [1.82, 2.24) is 10.6 Å². The lowest BCUT2D eigenvalue weighted by atomic mass is 10.2. The first-order valence-electron chi connectivity index (χ1n) is 5.46. The van der Waals surface area contributed by atoms with Gasteiger partial charge in [0.15, 0.2) is 0 Å². The van der Waals surface area contributed by atoms with Crippen molar-refractivity contribution in [3.63, 3.8) is 0 Å². The van der Waals surface area contributed by atoms with Crippen molar-refractivity contribution in [2.24, 2.45) is 0 Å². The molecule has 0 aromatic heterocycles. The number of amides is 2. The minimum absolute atomic E-state index is 0.293. The van der Waals surface area contributed by atoms with Crippen LogP contribution in [0.5, 0.6) is 0 Å². The molecule has 0 unspecified atom stereocenters. The summed E-state index contributed by atoms with van der Waals surface area (Å²) < 4.78 is 0. The van der Waals surface area contributed by atoms with Crippen LogP contribution < -0.4 is 10.6 Å². The van der Waals surface area contributed by atoms with Gasteiger partial charge in [0.1, 0.15) is 6.04 Å². The highest BCUT2D eigenvalue weighted by atomic mass is 35.5. The molecule has 1 aromatic rings. The molecule has 19 heavy (non-hydrogen) atoms. The molecule has 0 aliphatic carbocycles. The van der Waals surface area contributed by atoms with Crippen LogP contribution in [0.3, 0.4) is 0 Å². The number of hydrogen-bond acceptors (Lipinski definition) is 3. The van der Waals surface area contributed by atoms with Gasteiger partial charge in [-0.05, 0) is 31.2 Å². The average Bonchev–Trinajstić information content (AvgIpc) is 2.36. The number of carbonyl (C=O) groups excluding carboxylic acids is 2. The molecular weight excluding hydrogens is 272 g/mol. The quantitative estimate of drug-likeness (QED) is 0.740. The van der Waals surface area contributed by atoms with Crippen molar-refractivity contribution in [2.45, 2.75) is 13.0 Å². The number of benzene rings is 1. The molecular formula is C12H13ClN2O4. The van der Waals surface area contributed by atoms with Crippen LogP contribution >= 0.6 is 11.6 Å². The summed E-state index contributed by atoms with van der Waals surface area (Å²) in [5.74, 6) is -2.15. The largest absolute Gasteiger partial charge is 0.480 e. The summed E-state index contributed by atoms with van der Waals surface area (Å²) in [5.41, 5.74) is 0.364. The smallest absolute Gasteiger partial charge is 0.325 e. The highest BCUT2D eigenvalue weighted by molar-refractivity contribution is 6.30. The lowest BCUT2D eigenvalue weighted by molar-refractivity contribution is -0.141. The average molecular weight is 285 g/mol. The molecule has 1 aromatic carbocycles. The Morgan fingerprint density at radius 3 is 2.37 bits per heavy atom. The summed E-state index contributed by atoms with van der Waals surface area (Å²) in [5, 5.41) is 13.7. The second-order valence-corrected chi connectivity index (χ2v) is 4.25. The SMILES string of the molecule is C[C@@H](NC(=O)CNC(=O)c1ccc(Cl)cc1)C(=O)O. The summed E-state index contributed by atoms with van der Waals surface area (Å²) in [6, 6.07) is 5.16. The Labute approximate surface area is 114 Å². The molecule has 7 heteroatoms. The van der Waals surface area contributed by atoms with Gasteiger partial charge in [-0.25, -0.2) is 0 Å². The maximum Gasteiger partial charge on any atom is 0.325 e. The number of aliphatic carboxylic acids is 1. The number of rotatable bonds is 5. The Kier molecular flexibility index (Phi) is 5.32. The maximum atomic E-state index is 11.6. The van der Waals surface area contributed by atoms with Gasteiger partial charge in [-0.2, -0.15) is 0 Å². The normalized spacial score (nSPS) is 11.5. The number of carboxylic acids is 1. The van der Waals surface area contributed by atoms with Crippen molar-refractivity contribution in [2.75, 3.05) is 6.54 Å². The summed E-state index contributed by atoms with van der Waals surface area (Å²) in [4.78, 5) is 33.5. The Morgan fingerprint density at radius 1 is 1.26 bits per heavy atom. The zero-order valence-electron chi connectivity index (χ0n) is 10.1. The standard InChI is InChI=1S/C12H13ClN2O4/c1-7(12(18)19)15-10(16)6-14-11(17)8-2-4-9(13)5-3-8/h2-5,7H,6H2,1H3,(H,14,17)(H,15,16)(H,18,19)/t7-/m1/s1. The van der Waals surface area contributed by atoms with E-state index in [1.54, 1.807) is 12.1 Å². The third-order valence-corrected chi connectivity index (χ3v) is 2.52. The fourth-order valence-corrected chi connectivity index (χ4v) is 1.34. The zero-order valence-corrected chi connectivity index (χ0v) is 10.9. The van der Waals surface area contributed by atoms with Crippen LogP contribution in [0.4, 0.5) is 0 Å². The Morgan fingerprint density at radius 2 is 1.84 bits per heavy atom. The molecule has 102 valence electrons. The fourth-order valence-electron chi connectivity index (χ4n) is 1.22. The molecule has 0 radical (unpaired) electrons. The topological polar surface area (TPSA) is 95.5 Å². The van der Waals surface area contributed by atoms with E-state index in [1.165, 1.54) is 19.1 Å². The van der Waals surface area contributed by atoms with E-state index < -0.39 is 23.8 Å². The Balaban J connectivity index is 2.44. The van der Waals surface area contributed by atoms with Crippen LogP contribution in [-0.4, -0.2) is 35.5 Å². The van der Waals surface area contributed by atoms with E-state index in [1.807, 2.05) is 0 Å². The van der Waals surface area contributed by atoms with Gasteiger partial charge in [0, 0.05) is 10.6 Å². The molecule has 0 aliphatic rings. The van der Waals surface area contributed by atoms with Gasteiger partial charge in [-0.15, -0.1) is 0 Å². The van der Waals surface area contributed by atoms with Crippen molar-refractivity contribution in [1.29, 1.82) is 0 Å². The molecule has 3 N–H and O–H groups in total. The molecule has 1 rings (SSSR count). The fraction of sp³-hybridized carbons (Fsp3) is 0.250. The van der Waals surface area contributed by atoms with Gasteiger partial charge in [0.25, 0.3) is 5.91 Å². The predicted molar refractivity (Wildman–Crippen MR) is 69.0 cm³/mol. The summed E-state index contributed by atoms with van der Waals surface area (Å²) in [7, 11) is 0. The molecule has 0 bridgehead atoms. The van der Waals surface area contributed by atoms with E-state index in [0.717, 1.165) is 0 Å². The van der Waals surface area contributed by atoms with Gasteiger partial charge in [0.05, 0.1) is 6.54 Å². The summed E-state index contributed by atoms with van der Waals surface area (Å²) in [6.07, 6.45) is 0. The third kappa shape index (κ3) is 4.97. The highest BCUT2D eigenvalue weighted by Crippen LogP contribution is 2.09. The van der Waals surface area contributed by atoms with Gasteiger partial charge in [-0.3, -0.25) is 14.4 Å². The van der Waals surface area contributed by atoms with Crippen molar-refractivity contribution in [3.8, 4) is 0 Å². The van der Waals surface area contributed by atoms with Gasteiger partial charge < -0.3 is 15.7 Å². The van der Waals surface area contributed by atoms with E-state index >= 15 is 0 Å². The highest BCUT2D eigenvalue weighted by Gasteiger charge is 2.14. The van der Waals surface area contributed by atoms with E-state index in [4.69, 9.17) is 16.7 Å². The molecule has 0 heterocycles. The maximum absolute atomic E-state index is 11.6. The first-order valence-corrected chi connectivity index (χ1v) is 5.84. The van der Waals surface area contributed by atoms with E-state index in [2.05, 4.69) is 10.6 Å². The van der Waals surface area contributed by atoms with Gasteiger partial charge in [0.2, 0.25) is 5.91 Å². The number of halogens is 1. The van der Waals surface area contributed by atoms with Crippen LogP contribution in [0.15, 0.2) is 24.3 Å². The molecule has 0 spiro atoms. The van der Waals surface area contributed by atoms with Crippen LogP contribution in [0.2, 0.25) is 5.02 Å². The van der Waals surface area contributed by atoms with Gasteiger partial charge >= 0.3 is 5.97 Å². The number of nitrogens with one attached hydrogen (secondary N) is 2. The molecule has 1 atom stereocenters. The molecule has 0 saturated carbocycles. The second kappa shape index (κ2) is 6.75. The minimum atomic E-state index is -1.14. The minimum Gasteiger partial charge on any atom is -0.480 e. The molecule has 0 aliphatic heterocycles. The van der Waals surface area contributed by atoms with Gasteiger partial charge in [-0.1, -0.05) is 11.6 Å². The van der Waals surface area contributed by atoms with Crippen LogP contribution in [0.25, 0.3) is 0 Å². The zero-order chi connectivity index (χ0) is 14.4. The van der Waals surface area contributed by atoms with Crippen LogP contribution in [0, 0.1) is 0 Å². The lowest BCUT2D eigenvalue weighted by Crippen LogP contribution is -2.43. The molecule has 0 fully saturated rings. The molecule has 0 saturated heterocycles. The van der Waals surface area contributed by atoms with Crippen molar-refractivity contribution >= 4 is 29.4 Å². The second-order valence-electron chi connectivity index (χ2n) is 3.82. The first kappa shape index (κ1) is 15.0. The van der Waals surface area contributed by atoms with Crippen LogP contribution in [0.1, 0.15) is 17.3 Å². The number of carboxylic acid groups (broad SMARTS) is 1. The van der Waals surface area contributed by atoms with E-state index in [-0.39, 0.29) is 6.54 Å². The predicted octanol–water partition coefficient (Wildman–Crippen LogP) is 0.659. The van der Waals surface area contributed by atoms with Crippen molar-refractivity contribution in [3.05, 3.63) is 34.9 Å². The monoisotopic (exact) mass is 284 g/mol. The van der Waals surface area contributed by atoms with E-state index in [0.29, 0.717) is 10.6 Å². The van der Waals surface area contributed by atoms with E-state index in [9.17, 15) is 14.4 Å². The number of hydrogen-bond donors (Lipinski definition) is 3. The first-order chi connectivity index (χ1) is 8.90. The lowest BCUT2D eigenvalue weighted by Gasteiger charge is -2.10. The van der Waals surface area contributed by atoms with Crippen molar-refractivity contribution < 1.29 is 19.5 Å². The molecule has 6 nitrogen and oxygen atoms in total. The summed E-state index contributed by atoms with van der Waals surface area (Å²) >= 11 is 5.68. The summed E-state index contributed by atoms with van der Waals surface area (Å²) in [6.45, 7) is 1.04. The van der Waals surface area contributed by atoms with Crippen LogP contribution in [-0.2, 0) is 9.59 Å². The third-order valence-electron chi connectivity index (χ3n) is 2.26. The Bertz CT molecular complexity index is 487.